The zero-order chi connectivity index (χ0) is 18.6. The zero-order valence-electron chi connectivity index (χ0n) is 14.1. The molecule has 2 aromatic carbocycles. The van der Waals surface area contributed by atoms with Gasteiger partial charge in [-0.15, -0.1) is 0 Å². The number of nitrogens with zero attached hydrogens (tertiary/aromatic N) is 2. The summed E-state index contributed by atoms with van der Waals surface area (Å²) in [5.41, 5.74) is 2.33. The van der Waals surface area contributed by atoms with Crippen LogP contribution in [0.2, 0.25) is 0 Å². The van der Waals surface area contributed by atoms with E-state index in [1.165, 1.54) is 19.1 Å². The molecule has 2 N–H and O–H groups in total. The number of amides is 1. The number of aromatic nitrogens is 2. The first-order valence-electron chi connectivity index (χ1n) is 7.89. The number of hydrogen-bond acceptors (Lipinski definition) is 4. The van der Waals surface area contributed by atoms with Crippen molar-refractivity contribution in [2.24, 2.45) is 0 Å². The molecule has 7 nitrogen and oxygen atoms in total. The van der Waals surface area contributed by atoms with Crippen molar-refractivity contribution in [1.82, 2.24) is 14.3 Å². The smallest absolute Gasteiger partial charge is 0.240 e. The van der Waals surface area contributed by atoms with E-state index in [0.717, 1.165) is 11.3 Å². The Morgan fingerprint density at radius 3 is 2.35 bits per heavy atom. The molecule has 3 aromatic rings. The van der Waals surface area contributed by atoms with E-state index in [-0.39, 0.29) is 17.3 Å². The fourth-order valence-corrected chi connectivity index (χ4v) is 3.40. The van der Waals surface area contributed by atoms with E-state index in [1.54, 1.807) is 24.7 Å². The molecule has 0 aliphatic carbocycles. The Hall–Kier alpha value is -2.97. The highest BCUT2D eigenvalue weighted by atomic mass is 32.2. The van der Waals surface area contributed by atoms with Crippen molar-refractivity contribution < 1.29 is 13.2 Å². The summed E-state index contributed by atoms with van der Waals surface area (Å²) in [7, 11) is -3.63. The van der Waals surface area contributed by atoms with Crippen LogP contribution in [0, 0.1) is 0 Å². The van der Waals surface area contributed by atoms with E-state index in [0.29, 0.717) is 5.69 Å². The van der Waals surface area contributed by atoms with Crippen molar-refractivity contribution >= 4 is 21.6 Å². The van der Waals surface area contributed by atoms with Gasteiger partial charge in [0.15, 0.2) is 0 Å². The number of imidazole rings is 1. The largest absolute Gasteiger partial charge is 0.326 e. The van der Waals surface area contributed by atoms with Gasteiger partial charge in [0.2, 0.25) is 15.9 Å². The van der Waals surface area contributed by atoms with Gasteiger partial charge in [0.05, 0.1) is 11.2 Å². The van der Waals surface area contributed by atoms with E-state index < -0.39 is 10.0 Å². The molecule has 0 saturated carbocycles. The minimum atomic E-state index is -3.63. The van der Waals surface area contributed by atoms with E-state index in [4.69, 9.17) is 0 Å². The maximum Gasteiger partial charge on any atom is 0.240 e. The highest BCUT2D eigenvalue weighted by Gasteiger charge is 2.13. The molecule has 3 rings (SSSR count). The molecule has 1 heterocycles. The molecule has 0 unspecified atom stereocenters. The number of benzene rings is 2. The average molecular weight is 370 g/mol. The van der Waals surface area contributed by atoms with Crippen LogP contribution >= 0.6 is 0 Å². The summed E-state index contributed by atoms with van der Waals surface area (Å²) in [4.78, 5) is 15.1. The Kier molecular flexibility index (Phi) is 5.15. The van der Waals surface area contributed by atoms with Gasteiger partial charge >= 0.3 is 0 Å². The van der Waals surface area contributed by atoms with Gasteiger partial charge in [0, 0.05) is 37.2 Å². The van der Waals surface area contributed by atoms with Crippen molar-refractivity contribution in [2.75, 3.05) is 5.32 Å². The number of sulfonamides is 1. The van der Waals surface area contributed by atoms with E-state index in [2.05, 4.69) is 15.0 Å². The monoisotopic (exact) mass is 370 g/mol. The topological polar surface area (TPSA) is 93.1 Å². The van der Waals surface area contributed by atoms with Crippen molar-refractivity contribution in [1.29, 1.82) is 0 Å². The van der Waals surface area contributed by atoms with Crippen LogP contribution in [0.3, 0.4) is 0 Å². The fourth-order valence-electron chi connectivity index (χ4n) is 2.38. The van der Waals surface area contributed by atoms with Gasteiger partial charge in [-0.3, -0.25) is 4.79 Å². The first-order valence-corrected chi connectivity index (χ1v) is 9.37. The van der Waals surface area contributed by atoms with Crippen LogP contribution in [0.15, 0.2) is 72.1 Å². The lowest BCUT2D eigenvalue weighted by Crippen LogP contribution is -2.23. The van der Waals surface area contributed by atoms with Gasteiger partial charge < -0.3 is 9.88 Å². The first-order chi connectivity index (χ1) is 12.4. The Balaban J connectivity index is 1.65. The molecular weight excluding hydrogens is 352 g/mol. The predicted octanol–water partition coefficient (Wildman–Crippen LogP) is 2.31. The molecule has 1 aromatic heterocycles. The van der Waals surface area contributed by atoms with Gasteiger partial charge in [0.25, 0.3) is 0 Å². The lowest BCUT2D eigenvalue weighted by Gasteiger charge is -2.09. The molecule has 0 aliphatic heterocycles. The number of anilines is 1. The van der Waals surface area contributed by atoms with Crippen LogP contribution in [0.1, 0.15) is 12.5 Å². The number of carbonyl (C=O) groups excluding carboxylic acids is 1. The van der Waals surface area contributed by atoms with E-state index in [1.807, 2.05) is 35.0 Å². The van der Waals surface area contributed by atoms with Gasteiger partial charge in [0.1, 0.15) is 0 Å². The SMILES string of the molecule is CC(=O)Nc1ccc(S(=O)(=O)NCc2ccc(-n3ccnc3)cc2)cc1. The molecule has 8 heteroatoms. The first kappa shape index (κ1) is 17.8. The molecule has 134 valence electrons. The van der Waals surface area contributed by atoms with Crippen molar-refractivity contribution in [2.45, 2.75) is 18.4 Å². The zero-order valence-corrected chi connectivity index (χ0v) is 14.9. The molecule has 0 spiro atoms. The summed E-state index contributed by atoms with van der Waals surface area (Å²) in [6.45, 7) is 1.57. The Morgan fingerprint density at radius 2 is 1.77 bits per heavy atom. The maximum atomic E-state index is 12.4. The summed E-state index contributed by atoms with van der Waals surface area (Å²) in [6, 6.07) is 13.5. The van der Waals surface area contributed by atoms with E-state index >= 15 is 0 Å². The van der Waals surface area contributed by atoms with Gasteiger partial charge in [-0.1, -0.05) is 12.1 Å². The van der Waals surface area contributed by atoms with Gasteiger partial charge in [-0.2, -0.15) is 0 Å². The third kappa shape index (κ3) is 4.35. The second-order valence-corrected chi connectivity index (χ2v) is 7.43. The summed E-state index contributed by atoms with van der Waals surface area (Å²) in [5.74, 6) is -0.210. The number of nitrogens with one attached hydrogen (secondary N) is 2. The highest BCUT2D eigenvalue weighted by Crippen LogP contribution is 2.15. The molecule has 0 saturated heterocycles. The van der Waals surface area contributed by atoms with Crippen LogP contribution < -0.4 is 10.0 Å². The molecule has 0 radical (unpaired) electrons. The highest BCUT2D eigenvalue weighted by molar-refractivity contribution is 7.89. The normalized spacial score (nSPS) is 11.3. The molecule has 26 heavy (non-hydrogen) atoms. The summed E-state index contributed by atoms with van der Waals surface area (Å²) in [6.07, 6.45) is 5.23. The lowest BCUT2D eigenvalue weighted by atomic mass is 10.2. The molecule has 0 aliphatic rings. The number of carbonyl (C=O) groups is 1. The van der Waals surface area contributed by atoms with Gasteiger partial charge in [-0.05, 0) is 42.0 Å². The number of rotatable bonds is 6. The second-order valence-electron chi connectivity index (χ2n) is 5.67. The molecule has 1 amide bonds. The fraction of sp³-hybridized carbons (Fsp3) is 0.111. The average Bonchev–Trinajstić information content (AvgIpc) is 3.15. The lowest BCUT2D eigenvalue weighted by molar-refractivity contribution is -0.114. The van der Waals surface area contributed by atoms with Crippen molar-refractivity contribution in [3.63, 3.8) is 0 Å². The summed E-state index contributed by atoms with van der Waals surface area (Å²) >= 11 is 0. The number of hydrogen-bond donors (Lipinski definition) is 2. The summed E-state index contributed by atoms with van der Waals surface area (Å²) in [5, 5.41) is 2.60. The van der Waals surface area contributed by atoms with Crippen LogP contribution in [-0.2, 0) is 21.4 Å². The molecule has 0 fully saturated rings. The Morgan fingerprint density at radius 1 is 1.08 bits per heavy atom. The summed E-state index contributed by atoms with van der Waals surface area (Å²) < 4.78 is 29.2. The minimum Gasteiger partial charge on any atom is -0.326 e. The van der Waals surface area contributed by atoms with Crippen molar-refractivity contribution in [3.05, 3.63) is 72.8 Å². The van der Waals surface area contributed by atoms with Crippen molar-refractivity contribution in [3.8, 4) is 5.69 Å². The minimum absolute atomic E-state index is 0.140. The van der Waals surface area contributed by atoms with Crippen LogP contribution in [-0.4, -0.2) is 23.9 Å². The van der Waals surface area contributed by atoms with Gasteiger partial charge in [-0.25, -0.2) is 18.1 Å². The second kappa shape index (κ2) is 7.51. The third-order valence-corrected chi connectivity index (χ3v) is 5.11. The van der Waals surface area contributed by atoms with Crippen LogP contribution in [0.4, 0.5) is 5.69 Å². The Labute approximate surface area is 151 Å². The standard InChI is InChI=1S/C18H18N4O3S/c1-14(23)21-16-4-8-18(9-5-16)26(24,25)20-12-15-2-6-17(7-3-15)22-11-10-19-13-22/h2-11,13,20H,12H2,1H3,(H,21,23). The van der Waals surface area contributed by atoms with E-state index in [9.17, 15) is 13.2 Å². The maximum absolute atomic E-state index is 12.4. The molecule has 0 bridgehead atoms. The predicted molar refractivity (Wildman–Crippen MR) is 98.3 cm³/mol. The quantitative estimate of drug-likeness (QED) is 0.696. The molecular formula is C18H18N4O3S. The molecule has 0 atom stereocenters. The third-order valence-electron chi connectivity index (χ3n) is 3.69. The van der Waals surface area contributed by atoms with Crippen LogP contribution in [0.25, 0.3) is 5.69 Å². The Bertz CT molecular complexity index is 980. The van der Waals surface area contributed by atoms with Crippen LogP contribution in [0.5, 0.6) is 0 Å².